The van der Waals surface area contributed by atoms with Crippen molar-refractivity contribution in [3.63, 3.8) is 0 Å². The average molecular weight is 1080 g/mol. The summed E-state index contributed by atoms with van der Waals surface area (Å²) in [5.41, 5.74) is 15.0. The average Bonchev–Trinajstić information content (AvgIpc) is 4.19. The van der Waals surface area contributed by atoms with Gasteiger partial charge in [0.1, 0.15) is 5.75 Å². The summed E-state index contributed by atoms with van der Waals surface area (Å²) in [5.74, 6) is 2.17. The molecule has 2 aliphatic heterocycles. The van der Waals surface area contributed by atoms with Crippen molar-refractivity contribution in [1.29, 1.82) is 0 Å². The first-order chi connectivity index (χ1) is 39.8. The molecule has 2 saturated heterocycles. The molecular weight excluding hydrogens is 1010 g/mol. The molecule has 12 rings (SSSR count). The van der Waals surface area contributed by atoms with Gasteiger partial charge in [-0.15, -0.1) is 0 Å². The van der Waals surface area contributed by atoms with E-state index in [-0.39, 0.29) is 30.3 Å². The highest BCUT2D eigenvalue weighted by molar-refractivity contribution is 6.04. The fourth-order valence-electron chi connectivity index (χ4n) is 11.5. The Morgan fingerprint density at radius 2 is 1.05 bits per heavy atom. The minimum absolute atomic E-state index is 0.0339. The number of nitrogens with zero attached hydrogens (tertiary/aromatic N) is 7. The number of carbonyl (C=O) groups is 2. The molecule has 0 saturated carbocycles. The van der Waals surface area contributed by atoms with Crippen LogP contribution in [-0.2, 0) is 17.6 Å². The van der Waals surface area contributed by atoms with E-state index in [4.69, 9.17) is 14.7 Å². The first-order valence-electron chi connectivity index (χ1n) is 28.8. The second kappa shape index (κ2) is 26.3. The molecule has 2 atom stereocenters. The van der Waals surface area contributed by atoms with Gasteiger partial charge < -0.3 is 40.7 Å². The number of para-hydroxylation sites is 1. The van der Waals surface area contributed by atoms with Crippen LogP contribution in [0.1, 0.15) is 86.8 Å². The van der Waals surface area contributed by atoms with Gasteiger partial charge >= 0.3 is 0 Å². The molecule has 0 bridgehead atoms. The number of hydrogen-bond donors (Lipinski definition) is 4. The summed E-state index contributed by atoms with van der Waals surface area (Å²) in [6.07, 6.45) is 10.5. The van der Waals surface area contributed by atoms with E-state index in [1.165, 1.54) is 53.7 Å². The molecule has 4 heterocycles. The number of ether oxygens (including phenoxy) is 1. The third-order valence-corrected chi connectivity index (χ3v) is 16.0. The number of nitrogens with one attached hydrogen (secondary N) is 4. The van der Waals surface area contributed by atoms with Crippen LogP contribution in [0.3, 0.4) is 0 Å². The lowest BCUT2D eigenvalue weighted by molar-refractivity contribution is -0.118. The fraction of sp³-hybridized carbons (Fsp3) is 0.313. The number of carbonyl (C=O) groups excluding carboxylic acids is 2. The molecule has 2 amide bonds. The van der Waals surface area contributed by atoms with Gasteiger partial charge in [-0.3, -0.25) is 9.59 Å². The zero-order valence-electron chi connectivity index (χ0n) is 46.6. The number of amides is 2. The van der Waals surface area contributed by atoms with Crippen LogP contribution in [0, 0.1) is 6.92 Å². The zero-order chi connectivity index (χ0) is 55.3. The van der Waals surface area contributed by atoms with Gasteiger partial charge in [0.05, 0.1) is 11.4 Å². The summed E-state index contributed by atoms with van der Waals surface area (Å²) in [6.45, 7) is 13.0. The number of hydrogen-bond acceptors (Lipinski definition) is 12. The lowest BCUT2D eigenvalue weighted by Crippen LogP contribution is -2.44. The Balaban J connectivity index is 0.000000170. The van der Waals surface area contributed by atoms with Crippen LogP contribution in [-0.4, -0.2) is 126 Å². The number of anilines is 4. The maximum Gasteiger partial charge on any atom is 0.262 e. The Morgan fingerprint density at radius 1 is 0.556 bits per heavy atom. The van der Waals surface area contributed by atoms with Crippen molar-refractivity contribution in [1.82, 2.24) is 34.6 Å². The molecule has 414 valence electrons. The molecule has 4 N–H and O–H groups in total. The minimum Gasteiger partial charge on any atom is -0.484 e. The van der Waals surface area contributed by atoms with Crippen LogP contribution in [0.5, 0.6) is 5.75 Å². The molecule has 2 aromatic heterocycles. The summed E-state index contributed by atoms with van der Waals surface area (Å²) in [7, 11) is 2.19. The Morgan fingerprint density at radius 3 is 1.59 bits per heavy atom. The summed E-state index contributed by atoms with van der Waals surface area (Å²) < 4.78 is 5.56. The van der Waals surface area contributed by atoms with E-state index in [0.717, 1.165) is 123 Å². The molecule has 14 nitrogen and oxygen atoms in total. The van der Waals surface area contributed by atoms with Crippen LogP contribution in [0.15, 0.2) is 164 Å². The molecule has 0 spiro atoms. The number of rotatable bonds is 18. The smallest absolute Gasteiger partial charge is 0.262 e. The van der Waals surface area contributed by atoms with Crippen LogP contribution >= 0.6 is 0 Å². The van der Waals surface area contributed by atoms with E-state index in [9.17, 15) is 9.59 Å². The highest BCUT2D eigenvalue weighted by atomic mass is 16.5. The highest BCUT2D eigenvalue weighted by Crippen LogP contribution is 2.43. The van der Waals surface area contributed by atoms with E-state index in [1.54, 1.807) is 0 Å². The van der Waals surface area contributed by atoms with Crippen LogP contribution in [0.4, 0.5) is 23.3 Å². The minimum atomic E-state index is -0.189. The summed E-state index contributed by atoms with van der Waals surface area (Å²) in [4.78, 5) is 51.8. The molecule has 14 heteroatoms. The zero-order valence-corrected chi connectivity index (χ0v) is 46.6. The summed E-state index contributed by atoms with van der Waals surface area (Å²) in [6, 6.07) is 50.4. The fourth-order valence-corrected chi connectivity index (χ4v) is 11.5. The van der Waals surface area contributed by atoms with Crippen molar-refractivity contribution < 1.29 is 14.3 Å². The number of likely N-dealkylation sites (N-methyl/N-ethyl adjacent to an activating group) is 1. The molecule has 6 aromatic carbocycles. The first-order valence-corrected chi connectivity index (χ1v) is 28.8. The number of piperazine rings is 1. The van der Waals surface area contributed by atoms with Crippen molar-refractivity contribution in [2.75, 3.05) is 100 Å². The van der Waals surface area contributed by atoms with Crippen molar-refractivity contribution in [3.8, 4) is 28.3 Å². The second-order valence-electron chi connectivity index (χ2n) is 21.8. The second-order valence-corrected chi connectivity index (χ2v) is 21.8. The van der Waals surface area contributed by atoms with Crippen molar-refractivity contribution >= 4 is 35.1 Å². The normalized spacial score (nSPS) is 16.6. The van der Waals surface area contributed by atoms with Gasteiger partial charge in [0.2, 0.25) is 11.9 Å². The molecule has 8 aromatic rings. The van der Waals surface area contributed by atoms with E-state index < -0.39 is 0 Å². The Bertz CT molecular complexity index is 3380. The van der Waals surface area contributed by atoms with Gasteiger partial charge in [-0.05, 0) is 161 Å². The molecule has 81 heavy (non-hydrogen) atoms. The molecule has 0 radical (unpaired) electrons. The SMILES string of the molecule is Cc1ccc(C(=O)Nc2ccc(C3Cc4cnc(NCCCN5CCN(C)CC5)nc4-c4ccccc43)cc2)cc1.O=C(COc1ccccc1)Nc1ccc(C2Cc3cnc(NCCCN4CCCC4)nc3-c3ccccc32)cc1. The van der Waals surface area contributed by atoms with Crippen molar-refractivity contribution in [3.05, 3.63) is 209 Å². The lowest BCUT2D eigenvalue weighted by Gasteiger charge is -2.32. The maximum absolute atomic E-state index is 12.7. The molecule has 4 aliphatic rings. The van der Waals surface area contributed by atoms with Gasteiger partial charge in [-0.25, -0.2) is 19.9 Å². The predicted molar refractivity (Wildman–Crippen MR) is 324 cm³/mol. The number of likely N-dealkylation sites (tertiary alicyclic amines) is 1. The third kappa shape index (κ3) is 14.0. The number of aromatic nitrogens is 4. The standard InChI is InChI=1S/C34H38N6O.C33H35N5O2/c1-24-8-10-26(11-9-24)33(41)37-28-14-12-25(13-15-28)31-22-27-23-36-34(38-32(27)30-7-4-3-6-29(30)31)35-16-5-17-40-20-18-39(2)19-21-40;39-31(23-40-27-9-2-1-3-10-27)36-26-15-13-24(14-16-26)30-21-25-22-35-33(34-17-8-20-38-18-6-7-19-38)37-32(25)29-12-5-4-11-28(29)30/h3-4,6-15,23,31H,5,16-22H2,1-2H3,(H,37,41)(H,35,36,38);1-5,9-16,22,30H,6-8,17-21,23H2,(H,36,39)(H,34,35,37). The number of aryl methyl sites for hydroxylation is 1. The Kier molecular flexibility index (Phi) is 17.8. The van der Waals surface area contributed by atoms with Crippen molar-refractivity contribution in [2.24, 2.45) is 0 Å². The van der Waals surface area contributed by atoms with E-state index >= 15 is 0 Å². The first kappa shape index (κ1) is 54.6. The molecule has 2 fully saturated rings. The molecular formula is C67H73N11O3. The number of benzene rings is 6. The van der Waals surface area contributed by atoms with Crippen LogP contribution in [0.25, 0.3) is 22.5 Å². The monoisotopic (exact) mass is 1080 g/mol. The van der Waals surface area contributed by atoms with Crippen LogP contribution < -0.4 is 26.0 Å². The van der Waals surface area contributed by atoms with E-state index in [0.29, 0.717) is 23.2 Å². The van der Waals surface area contributed by atoms with Gasteiger partial charge in [0.25, 0.3) is 11.8 Å². The van der Waals surface area contributed by atoms with Gasteiger partial charge in [-0.2, -0.15) is 0 Å². The third-order valence-electron chi connectivity index (χ3n) is 16.0. The van der Waals surface area contributed by atoms with Gasteiger partial charge in [-0.1, -0.05) is 109 Å². The Hall–Kier alpha value is -8.30. The molecule has 2 unspecified atom stereocenters. The maximum atomic E-state index is 12.7. The van der Waals surface area contributed by atoms with E-state index in [1.807, 2.05) is 98.2 Å². The molecule has 2 aliphatic carbocycles. The lowest BCUT2D eigenvalue weighted by atomic mass is 9.78. The largest absolute Gasteiger partial charge is 0.484 e. The summed E-state index contributed by atoms with van der Waals surface area (Å²) in [5, 5.41) is 12.8. The highest BCUT2D eigenvalue weighted by Gasteiger charge is 2.29. The number of fused-ring (bicyclic) bond motifs is 6. The quantitative estimate of drug-likeness (QED) is 0.0605. The van der Waals surface area contributed by atoms with Crippen LogP contribution in [0.2, 0.25) is 0 Å². The topological polar surface area (TPSA) is 153 Å². The van der Waals surface area contributed by atoms with E-state index in [2.05, 4.69) is 126 Å². The summed E-state index contributed by atoms with van der Waals surface area (Å²) >= 11 is 0. The van der Waals surface area contributed by atoms with Gasteiger partial charge in [0, 0.05) is 91.6 Å². The van der Waals surface area contributed by atoms with Gasteiger partial charge in [0.15, 0.2) is 6.61 Å². The van der Waals surface area contributed by atoms with Crippen molar-refractivity contribution in [2.45, 2.75) is 57.3 Å². The Labute approximate surface area is 476 Å². The predicted octanol–water partition coefficient (Wildman–Crippen LogP) is 11.2.